The Hall–Kier alpha value is -3.66. The zero-order chi connectivity index (χ0) is 24.0. The number of anilines is 1. The van der Waals surface area contributed by atoms with Crippen molar-refractivity contribution in [2.45, 2.75) is 25.5 Å². The normalized spacial score (nSPS) is 16.7. The predicted molar refractivity (Wildman–Crippen MR) is 125 cm³/mol. The number of aromatic carboxylic acids is 1. The Labute approximate surface area is 194 Å². The van der Waals surface area contributed by atoms with Crippen LogP contribution >= 0.6 is 11.8 Å². The number of amidine groups is 1. The third-order valence-electron chi connectivity index (χ3n) is 4.73. The molecule has 0 spiro atoms. The lowest BCUT2D eigenvalue weighted by Gasteiger charge is -2.13. The second-order valence-electron chi connectivity index (χ2n) is 6.99. The van der Waals surface area contributed by atoms with Crippen molar-refractivity contribution in [2.75, 3.05) is 18.5 Å². The highest BCUT2D eigenvalue weighted by Gasteiger charge is 2.38. The number of carbonyl (C=O) groups is 4. The van der Waals surface area contributed by atoms with Gasteiger partial charge in [-0.2, -0.15) is 0 Å². The molecule has 1 atom stereocenters. The van der Waals surface area contributed by atoms with Crippen LogP contribution in [-0.4, -0.2) is 57.3 Å². The highest BCUT2D eigenvalue weighted by Crippen LogP contribution is 2.31. The molecule has 0 radical (unpaired) electrons. The van der Waals surface area contributed by atoms with E-state index >= 15 is 0 Å². The van der Waals surface area contributed by atoms with Gasteiger partial charge in [-0.05, 0) is 62.4 Å². The summed E-state index contributed by atoms with van der Waals surface area (Å²) < 4.78 is 4.96. The zero-order valence-corrected chi connectivity index (χ0v) is 18.9. The minimum absolute atomic E-state index is 0.0541. The molecule has 3 rings (SSSR count). The van der Waals surface area contributed by atoms with E-state index in [2.05, 4.69) is 10.3 Å². The molecule has 1 heterocycles. The molecule has 0 aliphatic carbocycles. The van der Waals surface area contributed by atoms with Crippen LogP contribution in [0.2, 0.25) is 0 Å². The van der Waals surface area contributed by atoms with Gasteiger partial charge in [0.15, 0.2) is 5.17 Å². The Morgan fingerprint density at radius 1 is 1.06 bits per heavy atom. The first-order valence-electron chi connectivity index (χ1n) is 10.3. The summed E-state index contributed by atoms with van der Waals surface area (Å²) in [6, 6.07) is 12.3. The number of thioether (sulfide) groups is 1. The molecule has 33 heavy (non-hydrogen) atoms. The number of hydrogen-bond donors (Lipinski definition) is 2. The van der Waals surface area contributed by atoms with Gasteiger partial charge in [0.1, 0.15) is 5.25 Å². The second kappa shape index (κ2) is 10.8. The second-order valence-corrected chi connectivity index (χ2v) is 8.16. The number of carboxylic acids is 1. The van der Waals surface area contributed by atoms with Gasteiger partial charge in [-0.25, -0.2) is 14.6 Å². The van der Waals surface area contributed by atoms with E-state index in [1.807, 2.05) is 6.92 Å². The molecule has 0 unspecified atom stereocenters. The topological polar surface area (TPSA) is 125 Å². The summed E-state index contributed by atoms with van der Waals surface area (Å²) in [7, 11) is 0. The summed E-state index contributed by atoms with van der Waals surface area (Å²) in [6.07, 6.45) is -0.0541. The summed E-state index contributed by atoms with van der Waals surface area (Å²) in [4.78, 5) is 54.0. The van der Waals surface area contributed by atoms with Crippen molar-refractivity contribution in [2.24, 2.45) is 4.99 Å². The first kappa shape index (κ1) is 24.0. The zero-order valence-electron chi connectivity index (χ0n) is 18.1. The van der Waals surface area contributed by atoms with Crippen molar-refractivity contribution in [1.29, 1.82) is 0 Å². The molecule has 2 aromatic carbocycles. The SMILES string of the molecule is CCOC(=O)c1ccc(N=C2S[C@H](CC(=O)Nc3ccc(C(=O)O)cc3)C(=O)N2CC)cc1. The van der Waals surface area contributed by atoms with E-state index in [0.29, 0.717) is 28.7 Å². The van der Waals surface area contributed by atoms with E-state index in [0.717, 1.165) is 0 Å². The Bertz CT molecular complexity index is 1080. The van der Waals surface area contributed by atoms with Crippen LogP contribution in [0.1, 0.15) is 41.0 Å². The van der Waals surface area contributed by atoms with Crippen molar-refractivity contribution in [3.8, 4) is 0 Å². The average molecular weight is 470 g/mol. The van der Waals surface area contributed by atoms with Gasteiger partial charge in [0.2, 0.25) is 11.8 Å². The van der Waals surface area contributed by atoms with Gasteiger partial charge in [0, 0.05) is 18.7 Å². The Morgan fingerprint density at radius 3 is 2.27 bits per heavy atom. The third kappa shape index (κ3) is 5.98. The number of amides is 2. The Morgan fingerprint density at radius 2 is 1.70 bits per heavy atom. The number of ether oxygens (including phenoxy) is 1. The number of nitrogens with zero attached hydrogens (tertiary/aromatic N) is 2. The predicted octanol–water partition coefficient (Wildman–Crippen LogP) is 3.54. The van der Waals surface area contributed by atoms with E-state index in [4.69, 9.17) is 9.84 Å². The highest BCUT2D eigenvalue weighted by molar-refractivity contribution is 8.15. The first-order valence-corrected chi connectivity index (χ1v) is 11.2. The number of aliphatic imine (C=N–C) groups is 1. The fraction of sp³-hybridized carbons (Fsp3) is 0.261. The molecule has 1 fully saturated rings. The van der Waals surface area contributed by atoms with Gasteiger partial charge in [-0.15, -0.1) is 0 Å². The number of benzene rings is 2. The maximum Gasteiger partial charge on any atom is 0.338 e. The molecular formula is C23H23N3O6S. The van der Waals surface area contributed by atoms with E-state index in [-0.39, 0.29) is 30.4 Å². The molecule has 2 N–H and O–H groups in total. The monoisotopic (exact) mass is 469 g/mol. The van der Waals surface area contributed by atoms with E-state index in [9.17, 15) is 19.2 Å². The van der Waals surface area contributed by atoms with E-state index in [1.54, 1.807) is 31.2 Å². The molecule has 1 aliphatic rings. The van der Waals surface area contributed by atoms with Crippen LogP contribution in [-0.2, 0) is 14.3 Å². The summed E-state index contributed by atoms with van der Waals surface area (Å²) in [5.74, 6) is -2.04. The highest BCUT2D eigenvalue weighted by atomic mass is 32.2. The van der Waals surface area contributed by atoms with Crippen molar-refractivity contribution in [3.63, 3.8) is 0 Å². The van der Waals surface area contributed by atoms with Gasteiger partial charge >= 0.3 is 11.9 Å². The van der Waals surface area contributed by atoms with Gasteiger partial charge in [-0.1, -0.05) is 11.8 Å². The fourth-order valence-corrected chi connectivity index (χ4v) is 4.31. The van der Waals surface area contributed by atoms with Crippen molar-refractivity contribution < 1.29 is 29.0 Å². The lowest BCUT2D eigenvalue weighted by atomic mass is 10.2. The van der Waals surface area contributed by atoms with Crippen LogP contribution in [0, 0.1) is 0 Å². The minimum Gasteiger partial charge on any atom is -0.478 e. The van der Waals surface area contributed by atoms with Gasteiger partial charge in [0.05, 0.1) is 23.4 Å². The quantitative estimate of drug-likeness (QED) is 0.567. The molecule has 1 saturated heterocycles. The molecule has 10 heteroatoms. The molecule has 172 valence electrons. The van der Waals surface area contributed by atoms with Crippen LogP contribution in [0.15, 0.2) is 53.5 Å². The van der Waals surface area contributed by atoms with Crippen LogP contribution in [0.4, 0.5) is 11.4 Å². The number of carbonyl (C=O) groups excluding carboxylic acids is 3. The van der Waals surface area contributed by atoms with E-state index in [1.165, 1.54) is 40.9 Å². The number of nitrogens with one attached hydrogen (secondary N) is 1. The molecule has 2 amide bonds. The first-order chi connectivity index (χ1) is 15.8. The third-order valence-corrected chi connectivity index (χ3v) is 5.90. The van der Waals surface area contributed by atoms with Crippen LogP contribution in [0.25, 0.3) is 0 Å². The number of esters is 1. The van der Waals surface area contributed by atoms with Gasteiger partial charge < -0.3 is 15.2 Å². The largest absolute Gasteiger partial charge is 0.478 e. The number of hydrogen-bond acceptors (Lipinski definition) is 7. The van der Waals surface area contributed by atoms with Crippen molar-refractivity contribution >= 4 is 52.1 Å². The van der Waals surface area contributed by atoms with Crippen molar-refractivity contribution in [1.82, 2.24) is 4.90 Å². The molecular weight excluding hydrogens is 446 g/mol. The Kier molecular flexibility index (Phi) is 7.83. The molecule has 9 nitrogen and oxygen atoms in total. The summed E-state index contributed by atoms with van der Waals surface area (Å²) in [6.45, 7) is 4.25. The molecule has 0 bridgehead atoms. The van der Waals surface area contributed by atoms with Crippen molar-refractivity contribution in [3.05, 3.63) is 59.7 Å². The number of rotatable bonds is 8. The maximum atomic E-state index is 12.8. The molecule has 0 aromatic heterocycles. The van der Waals surface area contributed by atoms with Crippen LogP contribution < -0.4 is 5.32 Å². The standard InChI is InChI=1S/C23H23N3O6S/c1-3-26-20(28)18(13-19(27)24-16-9-5-14(6-10-16)21(29)30)33-23(26)25-17-11-7-15(8-12-17)22(31)32-4-2/h5-12,18H,3-4,13H2,1-2H3,(H,24,27)(H,29,30)/t18-/m1/s1. The molecule has 2 aromatic rings. The van der Waals surface area contributed by atoms with Crippen LogP contribution in [0.5, 0.6) is 0 Å². The minimum atomic E-state index is -1.05. The smallest absolute Gasteiger partial charge is 0.338 e. The number of carboxylic acid groups (broad SMARTS) is 1. The summed E-state index contributed by atoms with van der Waals surface area (Å²) >= 11 is 1.21. The molecule has 1 aliphatic heterocycles. The maximum absolute atomic E-state index is 12.8. The van der Waals surface area contributed by atoms with Gasteiger partial charge in [-0.3, -0.25) is 14.5 Å². The summed E-state index contributed by atoms with van der Waals surface area (Å²) in [5.41, 5.74) is 1.54. The lowest BCUT2D eigenvalue weighted by Crippen LogP contribution is -2.33. The molecule has 0 saturated carbocycles. The summed E-state index contributed by atoms with van der Waals surface area (Å²) in [5, 5.41) is 11.5. The Balaban J connectivity index is 1.66. The fourth-order valence-electron chi connectivity index (χ4n) is 3.09. The van der Waals surface area contributed by atoms with Crippen LogP contribution in [0.3, 0.4) is 0 Å². The lowest BCUT2D eigenvalue weighted by molar-refractivity contribution is -0.128. The van der Waals surface area contributed by atoms with Gasteiger partial charge in [0.25, 0.3) is 0 Å². The average Bonchev–Trinajstić information content (AvgIpc) is 3.08. The van der Waals surface area contributed by atoms with E-state index < -0.39 is 17.2 Å².